The molecule has 4 heterocycles. The maximum absolute atomic E-state index is 12.7. The first kappa shape index (κ1) is 30.9. The topological polar surface area (TPSA) is 117 Å². The highest BCUT2D eigenvalue weighted by Gasteiger charge is 2.27. The lowest BCUT2D eigenvalue weighted by molar-refractivity contribution is -0.117. The van der Waals surface area contributed by atoms with Gasteiger partial charge in [-0.15, -0.1) is 0 Å². The number of ether oxygens (including phenoxy) is 1. The number of aromatic nitrogens is 2. The van der Waals surface area contributed by atoms with E-state index in [1.807, 2.05) is 66.7 Å². The molecule has 1 fully saturated rings. The van der Waals surface area contributed by atoms with Gasteiger partial charge in [0.2, 0.25) is 5.91 Å². The average molecular weight is 640 g/mol. The highest BCUT2D eigenvalue weighted by Crippen LogP contribution is 2.44. The molecule has 2 aliphatic rings. The zero-order chi connectivity index (χ0) is 33.0. The summed E-state index contributed by atoms with van der Waals surface area (Å²) in [5, 5.41) is 16.5. The molecule has 2 aromatic heterocycles. The second kappa shape index (κ2) is 13.6. The van der Waals surface area contributed by atoms with Crippen molar-refractivity contribution in [3.63, 3.8) is 0 Å². The molecule has 1 saturated heterocycles. The van der Waals surface area contributed by atoms with Crippen molar-refractivity contribution in [2.75, 3.05) is 23.3 Å². The lowest BCUT2D eigenvalue weighted by Gasteiger charge is -2.28. The van der Waals surface area contributed by atoms with Gasteiger partial charge in [-0.1, -0.05) is 42.5 Å². The van der Waals surface area contributed by atoms with Crippen molar-refractivity contribution in [1.29, 1.82) is 0 Å². The SMILES string of the molecule is CC1Oc2cc(N3CCCC3=O)ccc2-c2cnc(Nc3cncc(CC(CCNC(=O)c4ccccc4O)c4ccccc4)c3)cc21. The van der Waals surface area contributed by atoms with E-state index in [0.717, 1.165) is 58.8 Å². The van der Waals surface area contributed by atoms with Crippen LogP contribution in [0, 0.1) is 0 Å². The molecule has 0 bridgehead atoms. The molecule has 0 saturated carbocycles. The fraction of sp³-hybridized carbons (Fsp3) is 0.231. The maximum Gasteiger partial charge on any atom is 0.255 e. The molecule has 0 aliphatic carbocycles. The minimum absolute atomic E-state index is 0.0320. The number of pyridine rings is 2. The van der Waals surface area contributed by atoms with Crippen molar-refractivity contribution in [2.24, 2.45) is 0 Å². The predicted molar refractivity (Wildman–Crippen MR) is 186 cm³/mol. The minimum Gasteiger partial charge on any atom is -0.507 e. The van der Waals surface area contributed by atoms with Crippen LogP contribution in [0.4, 0.5) is 17.2 Å². The standard InChI is InChI=1S/C39H37N5O4/c1-25-33-21-37(42-24-34(33)31-14-13-30(20-36(31)48-25)44-17-7-12-38(44)46)43-29-19-26(22-40-23-29)18-28(27-8-3-2-4-9-27)15-16-41-39(47)32-10-5-6-11-35(32)45/h2-6,8-11,13-14,19-25,28,45H,7,12,15-18H2,1H3,(H,41,47)(H,42,43). The van der Waals surface area contributed by atoms with Gasteiger partial charge in [-0.05, 0) is 79.6 Å². The van der Waals surface area contributed by atoms with Crippen LogP contribution in [0.3, 0.4) is 0 Å². The molecular weight excluding hydrogens is 602 g/mol. The predicted octanol–water partition coefficient (Wildman–Crippen LogP) is 7.32. The number of nitrogens with one attached hydrogen (secondary N) is 2. The van der Waals surface area contributed by atoms with Crippen LogP contribution < -0.4 is 20.3 Å². The van der Waals surface area contributed by atoms with Gasteiger partial charge in [-0.25, -0.2) is 4.98 Å². The number of amides is 2. The zero-order valence-corrected chi connectivity index (χ0v) is 26.7. The Hall–Kier alpha value is -5.70. The number of benzene rings is 3. The molecular formula is C39H37N5O4. The van der Waals surface area contributed by atoms with Crippen LogP contribution >= 0.6 is 0 Å². The summed E-state index contributed by atoms with van der Waals surface area (Å²) >= 11 is 0. The summed E-state index contributed by atoms with van der Waals surface area (Å²) < 4.78 is 6.34. The molecule has 3 aromatic carbocycles. The molecule has 7 rings (SSSR count). The monoisotopic (exact) mass is 639 g/mol. The number of phenols is 1. The molecule has 2 aliphatic heterocycles. The van der Waals surface area contributed by atoms with Crippen LogP contribution in [-0.2, 0) is 11.2 Å². The molecule has 9 nitrogen and oxygen atoms in total. The summed E-state index contributed by atoms with van der Waals surface area (Å²) in [4.78, 5) is 36.1. The summed E-state index contributed by atoms with van der Waals surface area (Å²) in [6, 6.07) is 26.9. The van der Waals surface area contributed by atoms with Crippen molar-refractivity contribution < 1.29 is 19.4 Å². The van der Waals surface area contributed by atoms with Gasteiger partial charge in [0.05, 0.1) is 17.4 Å². The number of carbonyl (C=O) groups is 2. The number of anilines is 3. The molecule has 9 heteroatoms. The van der Waals surface area contributed by atoms with E-state index in [-0.39, 0.29) is 35.1 Å². The second-order valence-electron chi connectivity index (χ2n) is 12.3. The third-order valence-corrected chi connectivity index (χ3v) is 9.07. The van der Waals surface area contributed by atoms with Crippen molar-refractivity contribution in [3.8, 4) is 22.6 Å². The number of hydrogen-bond acceptors (Lipinski definition) is 7. The number of aromatic hydroxyl groups is 1. The Morgan fingerprint density at radius 2 is 1.83 bits per heavy atom. The van der Waals surface area contributed by atoms with Crippen LogP contribution in [-0.4, -0.2) is 40.0 Å². The average Bonchev–Trinajstić information content (AvgIpc) is 3.54. The number of nitrogens with zero attached hydrogens (tertiary/aromatic N) is 3. The maximum atomic E-state index is 12.7. The van der Waals surface area contributed by atoms with E-state index >= 15 is 0 Å². The van der Waals surface area contributed by atoms with E-state index < -0.39 is 0 Å². The Kier molecular flexibility index (Phi) is 8.74. The van der Waals surface area contributed by atoms with Gasteiger partial charge in [0.25, 0.3) is 5.91 Å². The summed E-state index contributed by atoms with van der Waals surface area (Å²) in [6.07, 6.45) is 8.24. The van der Waals surface area contributed by atoms with Gasteiger partial charge in [0.15, 0.2) is 0 Å². The molecule has 0 radical (unpaired) electrons. The number of fused-ring (bicyclic) bond motifs is 3. The number of rotatable bonds is 10. The van der Waals surface area contributed by atoms with Gasteiger partial charge in [-0.3, -0.25) is 14.6 Å². The van der Waals surface area contributed by atoms with Gasteiger partial charge >= 0.3 is 0 Å². The first-order valence-corrected chi connectivity index (χ1v) is 16.4. The Labute approximate surface area is 279 Å². The lowest BCUT2D eigenvalue weighted by Crippen LogP contribution is -2.26. The smallest absolute Gasteiger partial charge is 0.255 e. The first-order chi connectivity index (χ1) is 23.4. The Bertz CT molecular complexity index is 1960. The summed E-state index contributed by atoms with van der Waals surface area (Å²) in [6.45, 7) is 3.22. The lowest BCUT2D eigenvalue weighted by atomic mass is 9.89. The normalized spacial score (nSPS) is 15.6. The summed E-state index contributed by atoms with van der Waals surface area (Å²) in [5.41, 5.74) is 7.20. The van der Waals surface area contributed by atoms with Crippen LogP contribution in [0.15, 0.2) is 104 Å². The van der Waals surface area contributed by atoms with Crippen molar-refractivity contribution in [3.05, 3.63) is 126 Å². The zero-order valence-electron chi connectivity index (χ0n) is 26.7. The third-order valence-electron chi connectivity index (χ3n) is 9.07. The fourth-order valence-corrected chi connectivity index (χ4v) is 6.61. The van der Waals surface area contributed by atoms with Crippen molar-refractivity contribution in [1.82, 2.24) is 15.3 Å². The molecule has 2 unspecified atom stereocenters. The Morgan fingerprint density at radius 3 is 2.65 bits per heavy atom. The van der Waals surface area contributed by atoms with Crippen LogP contribution in [0.2, 0.25) is 0 Å². The third kappa shape index (κ3) is 6.57. The van der Waals surface area contributed by atoms with E-state index in [0.29, 0.717) is 25.2 Å². The molecule has 48 heavy (non-hydrogen) atoms. The van der Waals surface area contributed by atoms with Crippen LogP contribution in [0.5, 0.6) is 11.5 Å². The van der Waals surface area contributed by atoms with E-state index in [9.17, 15) is 14.7 Å². The van der Waals surface area contributed by atoms with Gasteiger partial charge in [0.1, 0.15) is 23.4 Å². The Balaban J connectivity index is 1.05. The van der Waals surface area contributed by atoms with Gasteiger partial charge < -0.3 is 25.4 Å². The van der Waals surface area contributed by atoms with E-state index in [2.05, 4.69) is 33.8 Å². The number of phenolic OH excluding ortho intramolecular Hbond substituents is 1. The van der Waals surface area contributed by atoms with E-state index in [1.54, 1.807) is 24.4 Å². The van der Waals surface area contributed by atoms with Crippen LogP contribution in [0.1, 0.15) is 65.3 Å². The van der Waals surface area contributed by atoms with Crippen LogP contribution in [0.25, 0.3) is 11.1 Å². The quantitative estimate of drug-likeness (QED) is 0.147. The summed E-state index contributed by atoms with van der Waals surface area (Å²) in [5.74, 6) is 1.42. The first-order valence-electron chi connectivity index (χ1n) is 16.4. The highest BCUT2D eigenvalue weighted by molar-refractivity contribution is 5.97. The van der Waals surface area contributed by atoms with Crippen molar-refractivity contribution in [2.45, 2.75) is 44.6 Å². The van der Waals surface area contributed by atoms with Gasteiger partial charge in [-0.2, -0.15) is 0 Å². The number of carbonyl (C=O) groups excluding carboxylic acids is 2. The fourth-order valence-electron chi connectivity index (χ4n) is 6.61. The minimum atomic E-state index is -0.295. The molecule has 2 amide bonds. The molecule has 242 valence electrons. The van der Waals surface area contributed by atoms with Crippen molar-refractivity contribution >= 4 is 29.0 Å². The molecule has 5 aromatic rings. The number of hydrogen-bond donors (Lipinski definition) is 3. The second-order valence-corrected chi connectivity index (χ2v) is 12.3. The van der Waals surface area contributed by atoms with Gasteiger partial charge in [0, 0.05) is 60.3 Å². The molecule has 2 atom stereocenters. The number of para-hydroxylation sites is 1. The Morgan fingerprint density at radius 1 is 1.00 bits per heavy atom. The highest BCUT2D eigenvalue weighted by atomic mass is 16.5. The molecule has 0 spiro atoms. The van der Waals surface area contributed by atoms with E-state index in [1.165, 1.54) is 11.6 Å². The largest absolute Gasteiger partial charge is 0.507 e. The van der Waals surface area contributed by atoms with E-state index in [4.69, 9.17) is 9.72 Å². The summed E-state index contributed by atoms with van der Waals surface area (Å²) in [7, 11) is 0. The molecule has 3 N–H and O–H groups in total.